The molecule has 4 nitrogen and oxygen atoms in total. The van der Waals surface area contributed by atoms with Gasteiger partial charge in [0.1, 0.15) is 4.90 Å². The van der Waals surface area contributed by atoms with Crippen LogP contribution in [0.4, 0.5) is 5.69 Å². The van der Waals surface area contributed by atoms with Crippen molar-refractivity contribution < 1.29 is 13.0 Å². The molecule has 61 valence electrons. The normalized spacial score (nSPS) is 10.4. The monoisotopic (exact) mass is 180 g/mol. The van der Waals surface area contributed by atoms with Crippen molar-refractivity contribution in [2.45, 2.75) is 4.90 Å². The van der Waals surface area contributed by atoms with Crippen LogP contribution < -0.4 is 5.73 Å². The van der Waals surface area contributed by atoms with Crippen LogP contribution in [0.15, 0.2) is 29.2 Å². The predicted octanol–water partition coefficient (Wildman–Crippen LogP) is 0.135. The standard InChI is InChI=1S/C6H7NO3S.Li/c7-5-3-1-2-4-6(5)11(8,9)10;/h1-4H,7H2,(H,8,9,10);. The first-order chi connectivity index (χ1) is 5.02. The summed E-state index contributed by atoms with van der Waals surface area (Å²) in [5.41, 5.74) is 5.32. The molecule has 1 aromatic rings. The Bertz CT molecular complexity index is 363. The van der Waals surface area contributed by atoms with E-state index < -0.39 is 10.1 Å². The van der Waals surface area contributed by atoms with E-state index in [1.165, 1.54) is 18.2 Å². The van der Waals surface area contributed by atoms with Crippen LogP contribution in [0.25, 0.3) is 0 Å². The molecular weight excluding hydrogens is 173 g/mol. The van der Waals surface area contributed by atoms with Crippen LogP contribution in [0, 0.1) is 0 Å². The van der Waals surface area contributed by atoms with Gasteiger partial charge in [-0.3, -0.25) is 4.55 Å². The minimum absolute atomic E-state index is 0. The first kappa shape index (κ1) is 11.5. The van der Waals surface area contributed by atoms with Crippen molar-refractivity contribution >= 4 is 34.7 Å². The van der Waals surface area contributed by atoms with E-state index in [9.17, 15) is 8.42 Å². The van der Waals surface area contributed by atoms with E-state index in [-0.39, 0.29) is 29.4 Å². The van der Waals surface area contributed by atoms with Crippen LogP contribution in [0.3, 0.4) is 0 Å². The van der Waals surface area contributed by atoms with Gasteiger partial charge in [0.25, 0.3) is 10.1 Å². The molecule has 0 aliphatic rings. The average molecular weight is 180 g/mol. The molecule has 0 aromatic heterocycles. The largest absolute Gasteiger partial charge is 0.398 e. The van der Waals surface area contributed by atoms with Gasteiger partial charge in [0, 0.05) is 18.9 Å². The van der Waals surface area contributed by atoms with Gasteiger partial charge in [-0.15, -0.1) is 0 Å². The van der Waals surface area contributed by atoms with E-state index in [0.717, 1.165) is 0 Å². The van der Waals surface area contributed by atoms with Crippen molar-refractivity contribution in [1.82, 2.24) is 0 Å². The summed E-state index contributed by atoms with van der Waals surface area (Å²) in [6, 6.07) is 5.72. The molecule has 1 aromatic carbocycles. The van der Waals surface area contributed by atoms with E-state index in [4.69, 9.17) is 10.3 Å². The molecule has 0 aliphatic carbocycles. The first-order valence-corrected chi connectivity index (χ1v) is 4.28. The van der Waals surface area contributed by atoms with E-state index in [0.29, 0.717) is 0 Å². The maximum atomic E-state index is 10.5. The Morgan fingerprint density at radius 3 is 2.08 bits per heavy atom. The molecule has 1 rings (SSSR count). The number of hydrogen-bond acceptors (Lipinski definition) is 3. The number of rotatable bonds is 1. The summed E-state index contributed by atoms with van der Waals surface area (Å²) >= 11 is 0. The van der Waals surface area contributed by atoms with Gasteiger partial charge in [-0.2, -0.15) is 8.42 Å². The van der Waals surface area contributed by atoms with Crippen LogP contribution in [0.5, 0.6) is 0 Å². The minimum atomic E-state index is -4.16. The topological polar surface area (TPSA) is 80.4 Å². The fourth-order valence-electron chi connectivity index (χ4n) is 0.715. The maximum absolute atomic E-state index is 10.5. The van der Waals surface area contributed by atoms with Crippen molar-refractivity contribution in [1.29, 1.82) is 0 Å². The van der Waals surface area contributed by atoms with Crippen molar-refractivity contribution in [2.24, 2.45) is 0 Å². The molecule has 0 spiro atoms. The SMILES string of the molecule is Nc1ccccc1S(=O)(=O)O.[Li]. The summed E-state index contributed by atoms with van der Waals surface area (Å²) in [4.78, 5) is -0.250. The second-order valence-electron chi connectivity index (χ2n) is 2.01. The summed E-state index contributed by atoms with van der Waals surface area (Å²) in [5.74, 6) is 0. The summed E-state index contributed by atoms with van der Waals surface area (Å²) in [6.07, 6.45) is 0. The second kappa shape index (κ2) is 3.96. The molecule has 0 fully saturated rings. The molecule has 0 amide bonds. The smallest absolute Gasteiger partial charge is 0.296 e. The summed E-state index contributed by atoms with van der Waals surface area (Å²) in [5, 5.41) is 0. The maximum Gasteiger partial charge on any atom is 0.296 e. The van der Waals surface area contributed by atoms with Gasteiger partial charge in [0.2, 0.25) is 0 Å². The molecule has 3 N–H and O–H groups in total. The molecule has 0 saturated carbocycles. The summed E-state index contributed by atoms with van der Waals surface area (Å²) in [7, 11) is -4.16. The van der Waals surface area contributed by atoms with Crippen LogP contribution in [-0.4, -0.2) is 31.8 Å². The van der Waals surface area contributed by atoms with E-state index in [2.05, 4.69) is 0 Å². The molecule has 0 saturated heterocycles. The van der Waals surface area contributed by atoms with Crippen molar-refractivity contribution in [3.8, 4) is 0 Å². The van der Waals surface area contributed by atoms with Gasteiger partial charge in [-0.1, -0.05) is 12.1 Å². The first-order valence-electron chi connectivity index (χ1n) is 2.84. The molecule has 6 heteroatoms. The third-order valence-corrected chi connectivity index (χ3v) is 2.12. The second-order valence-corrected chi connectivity index (χ2v) is 3.40. The number of nitrogen functional groups attached to an aromatic ring is 1. The fraction of sp³-hybridized carbons (Fsp3) is 0. The molecule has 0 heterocycles. The van der Waals surface area contributed by atoms with Crippen LogP contribution >= 0.6 is 0 Å². The van der Waals surface area contributed by atoms with Gasteiger partial charge >= 0.3 is 0 Å². The zero-order valence-corrected chi connectivity index (χ0v) is 7.38. The average Bonchev–Trinajstić information content (AvgIpc) is 1.86. The fourth-order valence-corrected chi connectivity index (χ4v) is 1.33. The Balaban J connectivity index is 0.00000121. The van der Waals surface area contributed by atoms with Gasteiger partial charge in [-0.05, 0) is 12.1 Å². The minimum Gasteiger partial charge on any atom is -0.398 e. The number of hydrogen-bond donors (Lipinski definition) is 2. The predicted molar refractivity (Wildman–Crippen MR) is 46.4 cm³/mol. The van der Waals surface area contributed by atoms with Gasteiger partial charge in [0.05, 0.1) is 5.69 Å². The van der Waals surface area contributed by atoms with Crippen LogP contribution in [0.1, 0.15) is 0 Å². The number of para-hydroxylation sites is 1. The summed E-state index contributed by atoms with van der Waals surface area (Å²) in [6.45, 7) is 0. The Hall–Kier alpha value is -0.473. The van der Waals surface area contributed by atoms with E-state index >= 15 is 0 Å². The van der Waals surface area contributed by atoms with E-state index in [1.807, 2.05) is 0 Å². The summed E-state index contributed by atoms with van der Waals surface area (Å²) < 4.78 is 29.6. The molecule has 12 heavy (non-hydrogen) atoms. The Morgan fingerprint density at radius 2 is 1.75 bits per heavy atom. The molecule has 0 bridgehead atoms. The van der Waals surface area contributed by atoms with Crippen molar-refractivity contribution in [3.05, 3.63) is 24.3 Å². The zero-order valence-electron chi connectivity index (χ0n) is 6.56. The Kier molecular flexibility index (Phi) is 3.81. The van der Waals surface area contributed by atoms with E-state index in [1.54, 1.807) is 6.07 Å². The van der Waals surface area contributed by atoms with Gasteiger partial charge in [0.15, 0.2) is 0 Å². The molecule has 0 unspecified atom stereocenters. The van der Waals surface area contributed by atoms with Gasteiger partial charge in [-0.25, -0.2) is 0 Å². The van der Waals surface area contributed by atoms with Crippen molar-refractivity contribution in [3.63, 3.8) is 0 Å². The molecule has 0 aliphatic heterocycles. The number of anilines is 1. The molecule has 0 atom stereocenters. The Morgan fingerprint density at radius 1 is 1.25 bits per heavy atom. The third kappa shape index (κ3) is 2.54. The number of benzene rings is 1. The third-order valence-electron chi connectivity index (χ3n) is 1.20. The van der Waals surface area contributed by atoms with Crippen LogP contribution in [0.2, 0.25) is 0 Å². The number of nitrogens with two attached hydrogens (primary N) is 1. The van der Waals surface area contributed by atoms with Gasteiger partial charge < -0.3 is 5.73 Å². The quantitative estimate of drug-likeness (QED) is 0.366. The zero-order chi connectivity index (χ0) is 8.48. The molecule has 1 radical (unpaired) electrons. The molecular formula is C6H7LiNO3S. The Labute approximate surface area is 82.7 Å². The van der Waals surface area contributed by atoms with Crippen LogP contribution in [-0.2, 0) is 10.1 Å². The van der Waals surface area contributed by atoms with Crippen molar-refractivity contribution in [2.75, 3.05) is 5.73 Å².